The number of amides is 1. The third kappa shape index (κ3) is 3.74. The van der Waals surface area contributed by atoms with Gasteiger partial charge in [0.15, 0.2) is 17.5 Å². The van der Waals surface area contributed by atoms with E-state index in [-0.39, 0.29) is 18.9 Å². The number of rotatable bonds is 5. The number of carbonyl (C=O) groups is 1. The van der Waals surface area contributed by atoms with Gasteiger partial charge in [0, 0.05) is 18.5 Å². The van der Waals surface area contributed by atoms with Crippen molar-refractivity contribution in [3.05, 3.63) is 70.9 Å². The van der Waals surface area contributed by atoms with E-state index < -0.39 is 28.9 Å². The molecule has 0 radical (unpaired) electrons. The summed E-state index contributed by atoms with van der Waals surface area (Å²) in [6, 6.07) is 9.10. The quantitative estimate of drug-likeness (QED) is 0.707. The predicted molar refractivity (Wildman–Crippen MR) is 86.8 cm³/mol. The third-order valence-electron chi connectivity index (χ3n) is 3.64. The van der Waals surface area contributed by atoms with Crippen LogP contribution in [-0.2, 0) is 6.42 Å². The smallest absolute Gasteiger partial charge is 0.254 e. The summed E-state index contributed by atoms with van der Waals surface area (Å²) >= 11 is 0. The largest absolute Gasteiger partial charge is 0.421 e. The van der Waals surface area contributed by atoms with E-state index in [9.17, 15) is 18.0 Å². The lowest BCUT2D eigenvalue weighted by Gasteiger charge is -2.05. The number of hydrogen-bond acceptors (Lipinski definition) is 4. The first-order valence-corrected chi connectivity index (χ1v) is 7.77. The first kappa shape index (κ1) is 17.7. The Morgan fingerprint density at radius 2 is 1.92 bits per heavy atom. The van der Waals surface area contributed by atoms with Crippen LogP contribution in [0.25, 0.3) is 11.5 Å². The molecule has 1 N–H and O–H groups in total. The summed E-state index contributed by atoms with van der Waals surface area (Å²) in [5.74, 6) is -4.79. The maximum Gasteiger partial charge on any atom is 0.254 e. The van der Waals surface area contributed by atoms with Gasteiger partial charge in [0.05, 0.1) is 5.56 Å². The average Bonchev–Trinajstić information content (AvgIpc) is 3.08. The summed E-state index contributed by atoms with van der Waals surface area (Å²) in [7, 11) is 0. The van der Waals surface area contributed by atoms with Crippen molar-refractivity contribution in [3.8, 4) is 11.5 Å². The molecule has 8 heteroatoms. The summed E-state index contributed by atoms with van der Waals surface area (Å²) in [6.45, 7) is 2.00. The second-order valence-corrected chi connectivity index (χ2v) is 5.60. The molecule has 1 heterocycles. The summed E-state index contributed by atoms with van der Waals surface area (Å²) < 4.78 is 45.1. The van der Waals surface area contributed by atoms with Gasteiger partial charge in [0.2, 0.25) is 11.8 Å². The van der Waals surface area contributed by atoms with Gasteiger partial charge < -0.3 is 9.73 Å². The SMILES string of the molecule is Cc1cccc(-c2nnc(CCNC(=O)c3ccc(F)c(F)c3F)o2)c1. The molecule has 0 saturated carbocycles. The molecule has 0 fully saturated rings. The molecule has 134 valence electrons. The molecule has 3 aromatic rings. The number of benzene rings is 2. The van der Waals surface area contributed by atoms with Gasteiger partial charge in [-0.15, -0.1) is 10.2 Å². The second-order valence-electron chi connectivity index (χ2n) is 5.60. The normalized spacial score (nSPS) is 10.8. The van der Waals surface area contributed by atoms with Crippen molar-refractivity contribution in [2.24, 2.45) is 0 Å². The van der Waals surface area contributed by atoms with Crippen LogP contribution >= 0.6 is 0 Å². The lowest BCUT2D eigenvalue weighted by molar-refractivity contribution is 0.0948. The van der Waals surface area contributed by atoms with Gasteiger partial charge in [-0.3, -0.25) is 4.79 Å². The van der Waals surface area contributed by atoms with Gasteiger partial charge >= 0.3 is 0 Å². The minimum absolute atomic E-state index is 0.0622. The fourth-order valence-electron chi connectivity index (χ4n) is 2.33. The van der Waals surface area contributed by atoms with Crippen molar-refractivity contribution in [2.75, 3.05) is 6.54 Å². The Balaban J connectivity index is 1.60. The van der Waals surface area contributed by atoms with Crippen molar-refractivity contribution >= 4 is 5.91 Å². The molecule has 5 nitrogen and oxygen atoms in total. The highest BCUT2D eigenvalue weighted by Crippen LogP contribution is 2.19. The molecular weight excluding hydrogens is 347 g/mol. The van der Waals surface area contributed by atoms with Crippen LogP contribution in [0.15, 0.2) is 40.8 Å². The van der Waals surface area contributed by atoms with E-state index in [2.05, 4.69) is 15.5 Å². The number of carbonyl (C=O) groups excluding carboxylic acids is 1. The molecule has 0 unspecified atom stereocenters. The van der Waals surface area contributed by atoms with Crippen LogP contribution in [0, 0.1) is 24.4 Å². The van der Waals surface area contributed by atoms with Crippen molar-refractivity contribution < 1.29 is 22.4 Å². The highest BCUT2D eigenvalue weighted by Gasteiger charge is 2.18. The van der Waals surface area contributed by atoms with Crippen molar-refractivity contribution in [3.63, 3.8) is 0 Å². The van der Waals surface area contributed by atoms with Crippen LogP contribution in [0.1, 0.15) is 21.8 Å². The number of nitrogens with zero attached hydrogens (tertiary/aromatic N) is 2. The van der Waals surface area contributed by atoms with E-state index in [1.165, 1.54) is 0 Å². The fraction of sp³-hybridized carbons (Fsp3) is 0.167. The number of halogens is 3. The number of aryl methyl sites for hydroxylation is 1. The standard InChI is InChI=1S/C18H14F3N3O2/c1-10-3-2-4-11(9-10)18-24-23-14(26-18)7-8-22-17(25)12-5-6-13(19)16(21)15(12)20/h2-6,9H,7-8H2,1H3,(H,22,25). The summed E-state index contributed by atoms with van der Waals surface area (Å²) in [5.41, 5.74) is 1.24. The molecule has 0 spiro atoms. The van der Waals surface area contributed by atoms with Crippen molar-refractivity contribution in [2.45, 2.75) is 13.3 Å². The molecule has 0 aliphatic carbocycles. The first-order chi connectivity index (χ1) is 12.5. The van der Waals surface area contributed by atoms with Crippen LogP contribution < -0.4 is 5.32 Å². The van der Waals surface area contributed by atoms with Gasteiger partial charge in [-0.1, -0.05) is 17.7 Å². The third-order valence-corrected chi connectivity index (χ3v) is 3.64. The summed E-state index contributed by atoms with van der Waals surface area (Å²) in [5, 5.41) is 10.2. The molecule has 0 bridgehead atoms. The molecule has 0 aliphatic rings. The highest BCUT2D eigenvalue weighted by atomic mass is 19.2. The molecule has 0 aliphatic heterocycles. The number of nitrogens with one attached hydrogen (secondary N) is 1. The van der Waals surface area contributed by atoms with E-state index in [1.54, 1.807) is 0 Å². The van der Waals surface area contributed by atoms with Crippen LogP contribution in [0.3, 0.4) is 0 Å². The number of aromatic nitrogens is 2. The van der Waals surface area contributed by atoms with Crippen molar-refractivity contribution in [1.82, 2.24) is 15.5 Å². The van der Waals surface area contributed by atoms with E-state index >= 15 is 0 Å². The van der Waals surface area contributed by atoms with Gasteiger partial charge in [-0.05, 0) is 31.2 Å². The van der Waals surface area contributed by atoms with Gasteiger partial charge in [-0.2, -0.15) is 0 Å². The minimum Gasteiger partial charge on any atom is -0.421 e. The maximum absolute atomic E-state index is 13.6. The molecular formula is C18H14F3N3O2. The summed E-state index contributed by atoms with van der Waals surface area (Å²) in [6.07, 6.45) is 0.204. The lowest BCUT2D eigenvalue weighted by atomic mass is 10.1. The highest BCUT2D eigenvalue weighted by molar-refractivity contribution is 5.94. The summed E-state index contributed by atoms with van der Waals surface area (Å²) in [4.78, 5) is 11.9. The maximum atomic E-state index is 13.6. The minimum atomic E-state index is -1.68. The second kappa shape index (κ2) is 7.38. The zero-order chi connectivity index (χ0) is 18.7. The van der Waals surface area contributed by atoms with Crippen LogP contribution in [-0.4, -0.2) is 22.6 Å². The van der Waals surface area contributed by atoms with Crippen LogP contribution in [0.5, 0.6) is 0 Å². The zero-order valence-corrected chi connectivity index (χ0v) is 13.7. The molecule has 2 aromatic carbocycles. The monoisotopic (exact) mass is 361 g/mol. The van der Waals surface area contributed by atoms with Gasteiger partial charge in [0.25, 0.3) is 5.91 Å². The molecule has 3 rings (SSSR count). The van der Waals surface area contributed by atoms with E-state index in [0.717, 1.165) is 17.2 Å². The van der Waals surface area contributed by atoms with Crippen LogP contribution in [0.2, 0.25) is 0 Å². The Hall–Kier alpha value is -3.16. The molecule has 26 heavy (non-hydrogen) atoms. The topological polar surface area (TPSA) is 68.0 Å². The van der Waals surface area contributed by atoms with E-state index in [1.807, 2.05) is 31.2 Å². The fourth-order valence-corrected chi connectivity index (χ4v) is 2.33. The Labute approximate surface area is 146 Å². The Kier molecular flexibility index (Phi) is 5.01. The molecule has 1 amide bonds. The first-order valence-electron chi connectivity index (χ1n) is 7.77. The van der Waals surface area contributed by atoms with E-state index in [4.69, 9.17) is 4.42 Å². The van der Waals surface area contributed by atoms with Gasteiger partial charge in [0.1, 0.15) is 0 Å². The molecule has 1 aromatic heterocycles. The number of hydrogen-bond donors (Lipinski definition) is 1. The zero-order valence-electron chi connectivity index (χ0n) is 13.7. The van der Waals surface area contributed by atoms with E-state index in [0.29, 0.717) is 12.0 Å². The van der Waals surface area contributed by atoms with Crippen LogP contribution in [0.4, 0.5) is 13.2 Å². The molecule has 0 saturated heterocycles. The Morgan fingerprint density at radius 1 is 1.12 bits per heavy atom. The Morgan fingerprint density at radius 3 is 2.69 bits per heavy atom. The predicted octanol–water partition coefficient (Wildman–Crippen LogP) is 3.43. The lowest BCUT2D eigenvalue weighted by Crippen LogP contribution is -2.27. The Bertz CT molecular complexity index is 957. The van der Waals surface area contributed by atoms with Gasteiger partial charge in [-0.25, -0.2) is 13.2 Å². The average molecular weight is 361 g/mol. The molecule has 0 atom stereocenters. The van der Waals surface area contributed by atoms with Crippen molar-refractivity contribution in [1.29, 1.82) is 0 Å².